The van der Waals surface area contributed by atoms with E-state index < -0.39 is 38.2 Å². The molecule has 0 bridgehead atoms. The molecule has 0 aliphatic heterocycles. The summed E-state index contributed by atoms with van der Waals surface area (Å²) < 4.78 is 59.2. The summed E-state index contributed by atoms with van der Waals surface area (Å²) >= 11 is 0. The van der Waals surface area contributed by atoms with Crippen molar-refractivity contribution in [2.24, 2.45) is 0 Å². The molecule has 0 amide bonds. The zero-order valence-electron chi connectivity index (χ0n) is 5.69. The Bertz CT molecular complexity index is 270. The van der Waals surface area contributed by atoms with Crippen molar-refractivity contribution in [3.8, 4) is 0 Å². The first-order valence-corrected chi connectivity index (χ1v) is 5.73. The minimum absolute atomic E-state index is 0. The summed E-state index contributed by atoms with van der Waals surface area (Å²) in [6.07, 6.45) is -0.433. The maximum absolute atomic E-state index is 9.86. The molecule has 0 rings (SSSR count). The fourth-order valence-corrected chi connectivity index (χ4v) is 1.59. The smallest absolute Gasteiger partial charge is 0.748 e. The van der Waals surface area contributed by atoms with Crippen LogP contribution in [0.1, 0.15) is 6.42 Å². The van der Waals surface area contributed by atoms with Crippen LogP contribution in [0.4, 0.5) is 0 Å². The van der Waals surface area contributed by atoms with Gasteiger partial charge in [0.2, 0.25) is 0 Å². The van der Waals surface area contributed by atoms with Gasteiger partial charge in [0.15, 0.2) is 0 Å². The van der Waals surface area contributed by atoms with Crippen LogP contribution in [0.15, 0.2) is 0 Å². The molecule has 0 aliphatic carbocycles. The molecular formula is C3H6AgO6S2. The van der Waals surface area contributed by atoms with Crippen LogP contribution in [0.2, 0.25) is 0 Å². The van der Waals surface area contributed by atoms with Crippen molar-refractivity contribution in [1.29, 1.82) is 0 Å². The van der Waals surface area contributed by atoms with Crippen LogP contribution in [0.5, 0.6) is 0 Å². The van der Waals surface area contributed by atoms with Crippen LogP contribution >= 0.6 is 0 Å². The average Bonchev–Trinajstić information content (AvgIpc) is 1.55. The molecule has 0 aromatic heterocycles. The molecule has 0 aliphatic rings. The predicted molar refractivity (Wildman–Crippen MR) is 33.7 cm³/mol. The first kappa shape index (κ1) is 15.1. The summed E-state index contributed by atoms with van der Waals surface area (Å²) in [5.41, 5.74) is 0. The van der Waals surface area contributed by atoms with Gasteiger partial charge in [0.1, 0.15) is 0 Å². The van der Waals surface area contributed by atoms with Gasteiger partial charge in [-0.05, 0) is 6.42 Å². The van der Waals surface area contributed by atoms with Gasteiger partial charge in [0.25, 0.3) is 0 Å². The Kier molecular flexibility index (Phi) is 6.68. The second-order valence-electron chi connectivity index (χ2n) is 1.88. The topological polar surface area (TPSA) is 114 Å². The molecule has 77 valence electrons. The Morgan fingerprint density at radius 1 is 0.833 bits per heavy atom. The summed E-state index contributed by atoms with van der Waals surface area (Å²) in [5, 5.41) is 0. The van der Waals surface area contributed by atoms with Crippen LogP contribution in [-0.4, -0.2) is 37.4 Å². The second-order valence-corrected chi connectivity index (χ2v) is 4.92. The minimum Gasteiger partial charge on any atom is -0.748 e. The van der Waals surface area contributed by atoms with Crippen LogP contribution in [0, 0.1) is 0 Å². The number of hydrogen-bond acceptors (Lipinski definition) is 6. The Morgan fingerprint density at radius 3 is 1.25 bits per heavy atom. The Labute approximate surface area is 86.4 Å². The number of rotatable bonds is 4. The van der Waals surface area contributed by atoms with E-state index in [1.165, 1.54) is 0 Å². The first-order valence-electron chi connectivity index (χ1n) is 2.58. The van der Waals surface area contributed by atoms with E-state index in [9.17, 15) is 25.9 Å². The monoisotopic (exact) mass is 309 g/mol. The predicted octanol–water partition coefficient (Wildman–Crippen LogP) is -1.54. The molecule has 0 spiro atoms. The van der Waals surface area contributed by atoms with E-state index in [1.54, 1.807) is 0 Å². The standard InChI is InChI=1S/C3H8O6S2.Ag/c4-10(5,6)2-1-3-11(7,8)9;/h1-3H2,(H,4,5,6)(H,7,8,9);/q;+2/p-2. The van der Waals surface area contributed by atoms with E-state index in [2.05, 4.69) is 0 Å². The molecule has 0 saturated heterocycles. The SMILES string of the molecule is O=S(=O)([O-])CCCS(=O)(=O)[O-].[Ag+2]. The van der Waals surface area contributed by atoms with Crippen molar-refractivity contribution in [3.63, 3.8) is 0 Å². The molecule has 0 aromatic carbocycles. The van der Waals surface area contributed by atoms with Crippen molar-refractivity contribution >= 4 is 20.2 Å². The van der Waals surface area contributed by atoms with Crippen LogP contribution in [0.25, 0.3) is 0 Å². The van der Waals surface area contributed by atoms with E-state index in [1.807, 2.05) is 0 Å². The maximum Gasteiger partial charge on any atom is 2.00 e. The van der Waals surface area contributed by atoms with Crippen LogP contribution in [-0.2, 0) is 42.6 Å². The van der Waals surface area contributed by atoms with Gasteiger partial charge in [0.05, 0.1) is 20.2 Å². The van der Waals surface area contributed by atoms with Crippen molar-refractivity contribution in [2.75, 3.05) is 11.5 Å². The molecule has 0 atom stereocenters. The Balaban J connectivity index is 0. The summed E-state index contributed by atoms with van der Waals surface area (Å²) in [5.74, 6) is -1.62. The van der Waals surface area contributed by atoms with E-state index in [0.29, 0.717) is 0 Å². The molecule has 0 fully saturated rings. The molecule has 0 saturated carbocycles. The fraction of sp³-hybridized carbons (Fsp3) is 1.00. The van der Waals surface area contributed by atoms with Gasteiger partial charge in [-0.2, -0.15) is 0 Å². The van der Waals surface area contributed by atoms with Crippen molar-refractivity contribution in [3.05, 3.63) is 0 Å². The molecule has 0 N–H and O–H groups in total. The minimum atomic E-state index is -4.40. The molecule has 1 radical (unpaired) electrons. The summed E-state index contributed by atoms with van der Waals surface area (Å²) in [4.78, 5) is 0. The largest absolute Gasteiger partial charge is 2.00 e. The van der Waals surface area contributed by atoms with E-state index in [0.717, 1.165) is 0 Å². The summed E-state index contributed by atoms with van der Waals surface area (Å²) in [6.45, 7) is 0. The van der Waals surface area contributed by atoms with Crippen LogP contribution in [0.3, 0.4) is 0 Å². The molecule has 6 nitrogen and oxygen atoms in total. The zero-order valence-corrected chi connectivity index (χ0v) is 8.80. The Morgan fingerprint density at radius 2 is 1.08 bits per heavy atom. The molecule has 0 aromatic rings. The fourth-order valence-electron chi connectivity index (χ4n) is 0.412. The normalized spacial score (nSPS) is 12.2. The maximum atomic E-state index is 9.86. The van der Waals surface area contributed by atoms with Crippen LogP contribution < -0.4 is 0 Å². The van der Waals surface area contributed by atoms with E-state index in [-0.39, 0.29) is 22.4 Å². The summed E-state index contributed by atoms with van der Waals surface area (Å²) in [7, 11) is -8.80. The summed E-state index contributed by atoms with van der Waals surface area (Å²) in [6, 6.07) is 0. The molecule has 9 heteroatoms. The Hall–Kier alpha value is 0.560. The first-order chi connectivity index (χ1) is 4.71. The van der Waals surface area contributed by atoms with Gasteiger partial charge < -0.3 is 9.11 Å². The van der Waals surface area contributed by atoms with Gasteiger partial charge in [-0.25, -0.2) is 16.8 Å². The van der Waals surface area contributed by atoms with Crippen molar-refractivity contribution < 1.29 is 48.3 Å². The van der Waals surface area contributed by atoms with Crippen molar-refractivity contribution in [2.45, 2.75) is 6.42 Å². The third-order valence-corrected chi connectivity index (χ3v) is 2.37. The third-order valence-electron chi connectivity index (χ3n) is 0.789. The molecule has 0 unspecified atom stereocenters. The van der Waals surface area contributed by atoms with Gasteiger partial charge in [-0.15, -0.1) is 0 Å². The quantitative estimate of drug-likeness (QED) is 0.459. The van der Waals surface area contributed by atoms with Gasteiger partial charge >= 0.3 is 22.4 Å². The van der Waals surface area contributed by atoms with Gasteiger partial charge in [0, 0.05) is 11.5 Å². The molecule has 12 heavy (non-hydrogen) atoms. The second kappa shape index (κ2) is 5.32. The molecule has 0 heterocycles. The van der Waals surface area contributed by atoms with E-state index in [4.69, 9.17) is 0 Å². The zero-order chi connectivity index (χ0) is 9.12. The van der Waals surface area contributed by atoms with E-state index >= 15 is 0 Å². The molecular weight excluding hydrogens is 304 g/mol. The van der Waals surface area contributed by atoms with Gasteiger partial charge in [-0.1, -0.05) is 0 Å². The van der Waals surface area contributed by atoms with Gasteiger partial charge in [-0.3, -0.25) is 0 Å². The third kappa shape index (κ3) is 13.2. The van der Waals surface area contributed by atoms with Crippen molar-refractivity contribution in [1.82, 2.24) is 0 Å². The average molecular weight is 310 g/mol. The number of hydrogen-bond donors (Lipinski definition) is 0.